The quantitative estimate of drug-likeness (QED) is 0.686. The van der Waals surface area contributed by atoms with Crippen LogP contribution in [-0.4, -0.2) is 46.5 Å². The average molecular weight is 313 g/mol. The van der Waals surface area contributed by atoms with Crippen LogP contribution in [0.5, 0.6) is 0 Å². The maximum Gasteiger partial charge on any atom is 0.240 e. The van der Waals surface area contributed by atoms with Crippen molar-refractivity contribution in [3.63, 3.8) is 0 Å². The highest BCUT2D eigenvalue weighted by atomic mass is 32.2. The minimum Gasteiger partial charge on any atom is -0.316 e. The number of rotatable bonds is 10. The zero-order chi connectivity index (χ0) is 15.7. The first-order chi connectivity index (χ1) is 10.0. The fourth-order valence-electron chi connectivity index (χ4n) is 2.19. The van der Waals surface area contributed by atoms with E-state index in [4.69, 9.17) is 0 Å². The topological polar surface area (TPSA) is 61.4 Å². The number of nitrogens with zero attached hydrogens (tertiary/aromatic N) is 1. The number of nitrogens with one attached hydrogen (secondary N) is 2. The van der Waals surface area contributed by atoms with Crippen molar-refractivity contribution in [1.29, 1.82) is 0 Å². The van der Waals surface area contributed by atoms with Crippen LogP contribution < -0.4 is 10.0 Å². The summed E-state index contributed by atoms with van der Waals surface area (Å²) >= 11 is 0. The zero-order valence-corrected chi connectivity index (χ0v) is 14.0. The summed E-state index contributed by atoms with van der Waals surface area (Å²) in [6.07, 6.45) is 1.08. The van der Waals surface area contributed by atoms with E-state index in [9.17, 15) is 8.42 Å². The van der Waals surface area contributed by atoms with E-state index in [2.05, 4.69) is 28.8 Å². The molecule has 0 heterocycles. The van der Waals surface area contributed by atoms with Crippen LogP contribution in [0.1, 0.15) is 25.8 Å². The standard InChI is InChI=1S/C15H27N3O2S/c1-4-10-18(5-2)11-9-17-21(19,20)15-8-6-7-14(12-15)13-16-3/h6-8,12,16-17H,4-5,9-11,13H2,1-3H3. The fourth-order valence-corrected chi connectivity index (χ4v) is 3.28. The van der Waals surface area contributed by atoms with E-state index < -0.39 is 10.0 Å². The lowest BCUT2D eigenvalue weighted by Gasteiger charge is -2.19. The highest BCUT2D eigenvalue weighted by Crippen LogP contribution is 2.11. The molecule has 1 aromatic carbocycles. The van der Waals surface area contributed by atoms with Gasteiger partial charge in [0.2, 0.25) is 10.0 Å². The Kier molecular flexibility index (Phi) is 7.88. The van der Waals surface area contributed by atoms with Crippen LogP contribution >= 0.6 is 0 Å². The minimum absolute atomic E-state index is 0.328. The van der Waals surface area contributed by atoms with Gasteiger partial charge in [-0.25, -0.2) is 13.1 Å². The molecule has 0 aliphatic rings. The molecule has 120 valence electrons. The first kappa shape index (κ1) is 18.1. The van der Waals surface area contributed by atoms with E-state index in [0.717, 1.165) is 31.6 Å². The summed E-state index contributed by atoms with van der Waals surface area (Å²) < 4.78 is 27.2. The number of hydrogen-bond acceptors (Lipinski definition) is 4. The third kappa shape index (κ3) is 6.13. The van der Waals surface area contributed by atoms with Crippen LogP contribution in [0.4, 0.5) is 0 Å². The number of hydrogen-bond donors (Lipinski definition) is 2. The summed E-state index contributed by atoms with van der Waals surface area (Å²) in [5, 5.41) is 3.02. The molecule has 0 saturated carbocycles. The summed E-state index contributed by atoms with van der Waals surface area (Å²) in [7, 11) is -1.58. The number of sulfonamides is 1. The van der Waals surface area contributed by atoms with Crippen LogP contribution in [0.2, 0.25) is 0 Å². The largest absolute Gasteiger partial charge is 0.316 e. The van der Waals surface area contributed by atoms with Crippen molar-refractivity contribution < 1.29 is 8.42 Å². The highest BCUT2D eigenvalue weighted by molar-refractivity contribution is 7.89. The molecule has 0 spiro atoms. The minimum atomic E-state index is -3.42. The molecule has 0 atom stereocenters. The van der Waals surface area contributed by atoms with Gasteiger partial charge in [-0.3, -0.25) is 0 Å². The van der Waals surface area contributed by atoms with Crippen molar-refractivity contribution in [1.82, 2.24) is 14.9 Å². The van der Waals surface area contributed by atoms with Crippen molar-refractivity contribution in [3.8, 4) is 0 Å². The monoisotopic (exact) mass is 313 g/mol. The SMILES string of the molecule is CCCN(CC)CCNS(=O)(=O)c1cccc(CNC)c1. The Morgan fingerprint density at radius 1 is 1.19 bits per heavy atom. The molecule has 21 heavy (non-hydrogen) atoms. The molecule has 1 aromatic rings. The molecular formula is C15H27N3O2S. The number of benzene rings is 1. The van der Waals surface area contributed by atoms with Crippen LogP contribution in [0.15, 0.2) is 29.2 Å². The van der Waals surface area contributed by atoms with Gasteiger partial charge in [-0.2, -0.15) is 0 Å². The van der Waals surface area contributed by atoms with Gasteiger partial charge in [-0.1, -0.05) is 26.0 Å². The summed E-state index contributed by atoms with van der Waals surface area (Å²) in [4.78, 5) is 2.56. The van der Waals surface area contributed by atoms with Gasteiger partial charge in [0.05, 0.1) is 4.90 Å². The van der Waals surface area contributed by atoms with Gasteiger partial charge in [0.25, 0.3) is 0 Å². The van der Waals surface area contributed by atoms with Crippen LogP contribution in [0, 0.1) is 0 Å². The Morgan fingerprint density at radius 3 is 2.57 bits per heavy atom. The summed E-state index contributed by atoms with van der Waals surface area (Å²) in [5.74, 6) is 0. The maximum absolute atomic E-state index is 12.3. The molecule has 0 aliphatic carbocycles. The smallest absolute Gasteiger partial charge is 0.240 e. The molecule has 0 bridgehead atoms. The van der Waals surface area contributed by atoms with E-state index in [1.807, 2.05) is 13.1 Å². The van der Waals surface area contributed by atoms with Gasteiger partial charge >= 0.3 is 0 Å². The molecular weight excluding hydrogens is 286 g/mol. The Balaban J connectivity index is 2.62. The molecule has 0 aliphatic heterocycles. The second-order valence-corrected chi connectivity index (χ2v) is 6.78. The Labute approximate surface area is 128 Å². The second-order valence-electron chi connectivity index (χ2n) is 5.01. The van der Waals surface area contributed by atoms with Crippen molar-refractivity contribution in [2.24, 2.45) is 0 Å². The van der Waals surface area contributed by atoms with E-state index in [1.165, 1.54) is 0 Å². The first-order valence-corrected chi connectivity index (χ1v) is 8.97. The molecule has 0 aromatic heterocycles. The molecule has 2 N–H and O–H groups in total. The molecule has 0 radical (unpaired) electrons. The molecule has 6 heteroatoms. The Bertz CT molecular complexity index is 517. The van der Waals surface area contributed by atoms with Crippen molar-refractivity contribution in [2.75, 3.05) is 33.2 Å². The predicted octanol–water partition coefficient (Wildman–Crippen LogP) is 1.42. The fraction of sp³-hybridized carbons (Fsp3) is 0.600. The predicted molar refractivity (Wildman–Crippen MR) is 86.8 cm³/mol. The lowest BCUT2D eigenvalue weighted by Crippen LogP contribution is -2.35. The van der Waals surface area contributed by atoms with Crippen LogP contribution in [-0.2, 0) is 16.6 Å². The summed E-state index contributed by atoms with van der Waals surface area (Å²) in [6.45, 7) is 7.98. The van der Waals surface area contributed by atoms with Gasteiger partial charge < -0.3 is 10.2 Å². The number of likely N-dealkylation sites (N-methyl/N-ethyl adjacent to an activating group) is 1. The second kappa shape index (κ2) is 9.15. The zero-order valence-electron chi connectivity index (χ0n) is 13.2. The molecule has 0 saturated heterocycles. The summed E-state index contributed by atoms with van der Waals surface area (Å²) in [5.41, 5.74) is 0.960. The van der Waals surface area contributed by atoms with E-state index in [1.54, 1.807) is 18.2 Å². The molecule has 1 rings (SSSR count). The summed E-state index contributed by atoms with van der Waals surface area (Å²) in [6, 6.07) is 7.03. The Morgan fingerprint density at radius 2 is 1.95 bits per heavy atom. The first-order valence-electron chi connectivity index (χ1n) is 7.49. The van der Waals surface area contributed by atoms with Crippen LogP contribution in [0.25, 0.3) is 0 Å². The maximum atomic E-state index is 12.3. The van der Waals surface area contributed by atoms with Crippen molar-refractivity contribution in [3.05, 3.63) is 29.8 Å². The molecule has 0 unspecified atom stereocenters. The van der Waals surface area contributed by atoms with Crippen molar-refractivity contribution in [2.45, 2.75) is 31.7 Å². The molecule has 5 nitrogen and oxygen atoms in total. The Hall–Kier alpha value is -0.950. The normalized spacial score (nSPS) is 12.0. The van der Waals surface area contributed by atoms with E-state index in [0.29, 0.717) is 18.0 Å². The van der Waals surface area contributed by atoms with Gasteiger partial charge in [-0.15, -0.1) is 0 Å². The van der Waals surface area contributed by atoms with Gasteiger partial charge in [0, 0.05) is 19.6 Å². The van der Waals surface area contributed by atoms with E-state index >= 15 is 0 Å². The lowest BCUT2D eigenvalue weighted by molar-refractivity contribution is 0.293. The highest BCUT2D eigenvalue weighted by Gasteiger charge is 2.14. The van der Waals surface area contributed by atoms with Crippen LogP contribution in [0.3, 0.4) is 0 Å². The average Bonchev–Trinajstić information content (AvgIpc) is 2.47. The third-order valence-corrected chi connectivity index (χ3v) is 4.76. The third-order valence-electron chi connectivity index (χ3n) is 3.30. The van der Waals surface area contributed by atoms with Crippen molar-refractivity contribution >= 4 is 10.0 Å². The molecule has 0 amide bonds. The van der Waals surface area contributed by atoms with Gasteiger partial charge in [0.1, 0.15) is 0 Å². The molecule has 0 fully saturated rings. The van der Waals surface area contributed by atoms with Gasteiger partial charge in [0.15, 0.2) is 0 Å². The lowest BCUT2D eigenvalue weighted by atomic mass is 10.2. The van der Waals surface area contributed by atoms with E-state index in [-0.39, 0.29) is 0 Å². The van der Waals surface area contributed by atoms with Gasteiger partial charge in [-0.05, 0) is 44.3 Å².